The van der Waals surface area contributed by atoms with Crippen LogP contribution in [0.4, 0.5) is 0 Å². The van der Waals surface area contributed by atoms with Gasteiger partial charge in [0.25, 0.3) is 0 Å². The third-order valence-corrected chi connectivity index (χ3v) is 3.69. The van der Waals surface area contributed by atoms with E-state index in [0.717, 1.165) is 12.8 Å². The summed E-state index contributed by atoms with van der Waals surface area (Å²) < 4.78 is 24.2. The predicted molar refractivity (Wildman–Crippen MR) is 52.0 cm³/mol. The Balaban J connectivity index is 2.36. The van der Waals surface area contributed by atoms with E-state index >= 15 is 0 Å². The lowest BCUT2D eigenvalue weighted by Crippen LogP contribution is -2.22. The van der Waals surface area contributed by atoms with E-state index in [1.165, 1.54) is 0 Å². The van der Waals surface area contributed by atoms with Crippen molar-refractivity contribution in [1.82, 2.24) is 9.55 Å². The maximum Gasteiger partial charge on any atom is 0.218 e. The van der Waals surface area contributed by atoms with Crippen LogP contribution in [0.25, 0.3) is 0 Å². The summed E-state index contributed by atoms with van der Waals surface area (Å²) in [6, 6.07) is 0.427. The van der Waals surface area contributed by atoms with Crippen LogP contribution < -0.4 is 5.14 Å². The van der Waals surface area contributed by atoms with Crippen molar-refractivity contribution in [3.63, 3.8) is 0 Å². The van der Waals surface area contributed by atoms with Crippen molar-refractivity contribution in [3.05, 3.63) is 18.2 Å². The molecule has 0 saturated heterocycles. The van der Waals surface area contributed by atoms with Crippen molar-refractivity contribution in [3.8, 4) is 0 Å². The van der Waals surface area contributed by atoms with Crippen molar-refractivity contribution in [1.29, 1.82) is 0 Å². The third kappa shape index (κ3) is 1.67. The number of sulfonamides is 1. The average molecular weight is 215 g/mol. The molecule has 1 atom stereocenters. The van der Waals surface area contributed by atoms with Crippen LogP contribution in [0.5, 0.6) is 0 Å². The topological polar surface area (TPSA) is 78.0 Å². The Morgan fingerprint density at radius 3 is 2.79 bits per heavy atom. The largest absolute Gasteiger partial charge is 0.331 e. The lowest BCUT2D eigenvalue weighted by Gasteiger charge is -2.11. The van der Waals surface area contributed by atoms with Crippen LogP contribution in [-0.4, -0.2) is 18.0 Å². The van der Waals surface area contributed by atoms with E-state index in [2.05, 4.69) is 4.98 Å². The van der Waals surface area contributed by atoms with Crippen LogP contribution >= 0.6 is 0 Å². The average Bonchev–Trinajstić information content (AvgIpc) is 2.81. The molecule has 0 radical (unpaired) electrons. The smallest absolute Gasteiger partial charge is 0.218 e. The minimum atomic E-state index is -3.54. The lowest BCUT2D eigenvalue weighted by atomic mass is 10.4. The molecule has 1 aromatic heterocycles. The van der Waals surface area contributed by atoms with Gasteiger partial charge in [-0.15, -0.1) is 0 Å². The molecule has 1 heterocycles. The maximum atomic E-state index is 11.1. The van der Waals surface area contributed by atoms with Gasteiger partial charge in [-0.3, -0.25) is 0 Å². The number of primary sulfonamides is 1. The van der Waals surface area contributed by atoms with Gasteiger partial charge < -0.3 is 4.57 Å². The van der Waals surface area contributed by atoms with Crippen molar-refractivity contribution in [2.24, 2.45) is 5.14 Å². The fourth-order valence-corrected chi connectivity index (χ4v) is 1.92. The summed E-state index contributed by atoms with van der Waals surface area (Å²) in [6.45, 7) is 1.57. The second kappa shape index (κ2) is 3.06. The first-order chi connectivity index (χ1) is 6.50. The fourth-order valence-electron chi connectivity index (χ4n) is 1.45. The van der Waals surface area contributed by atoms with E-state index in [1.807, 2.05) is 10.8 Å². The van der Waals surface area contributed by atoms with Gasteiger partial charge in [-0.05, 0) is 19.8 Å². The standard InChI is InChI=1S/C8H13N3O2S/c1-6(14(9,12)13)8-10-4-5-11(8)7-2-3-7/h4-7H,2-3H2,1H3,(H2,9,12,13)/t6-/m1/s1. The highest BCUT2D eigenvalue weighted by molar-refractivity contribution is 7.89. The van der Waals surface area contributed by atoms with Crippen LogP contribution in [0.3, 0.4) is 0 Å². The zero-order chi connectivity index (χ0) is 10.3. The molecular weight excluding hydrogens is 202 g/mol. The molecule has 0 amide bonds. The molecule has 1 aliphatic carbocycles. The van der Waals surface area contributed by atoms with E-state index in [9.17, 15) is 8.42 Å². The molecule has 2 rings (SSSR count). The van der Waals surface area contributed by atoms with Crippen molar-refractivity contribution >= 4 is 10.0 Å². The normalized spacial score (nSPS) is 19.6. The lowest BCUT2D eigenvalue weighted by molar-refractivity contribution is 0.577. The van der Waals surface area contributed by atoms with Crippen LogP contribution in [0.2, 0.25) is 0 Å². The quantitative estimate of drug-likeness (QED) is 0.800. The van der Waals surface area contributed by atoms with E-state index in [4.69, 9.17) is 5.14 Å². The Hall–Kier alpha value is -0.880. The Kier molecular flexibility index (Phi) is 2.11. The maximum absolute atomic E-state index is 11.1. The molecule has 0 bridgehead atoms. The number of imidazole rings is 1. The molecule has 0 unspecified atom stereocenters. The first kappa shape index (κ1) is 9.67. The van der Waals surface area contributed by atoms with Crippen LogP contribution in [0.15, 0.2) is 12.4 Å². The van der Waals surface area contributed by atoms with Crippen LogP contribution in [0, 0.1) is 0 Å². The zero-order valence-corrected chi connectivity index (χ0v) is 8.74. The van der Waals surface area contributed by atoms with Gasteiger partial charge in [0.1, 0.15) is 11.1 Å². The van der Waals surface area contributed by atoms with Crippen molar-refractivity contribution in [2.45, 2.75) is 31.1 Å². The molecule has 6 heteroatoms. The molecule has 2 N–H and O–H groups in total. The second-order valence-electron chi connectivity index (χ2n) is 3.66. The van der Waals surface area contributed by atoms with Gasteiger partial charge in [-0.25, -0.2) is 18.5 Å². The number of rotatable bonds is 3. The minimum absolute atomic E-state index is 0.427. The Morgan fingerprint density at radius 1 is 1.64 bits per heavy atom. The third-order valence-electron chi connectivity index (χ3n) is 2.50. The summed E-state index contributed by atoms with van der Waals surface area (Å²) in [5, 5.41) is 4.35. The summed E-state index contributed by atoms with van der Waals surface area (Å²) in [5.74, 6) is 0.551. The Morgan fingerprint density at radius 2 is 2.29 bits per heavy atom. The van der Waals surface area contributed by atoms with Crippen molar-refractivity contribution in [2.75, 3.05) is 0 Å². The van der Waals surface area contributed by atoms with Crippen molar-refractivity contribution < 1.29 is 8.42 Å². The number of nitrogens with zero attached hydrogens (tertiary/aromatic N) is 2. The highest BCUT2D eigenvalue weighted by Crippen LogP contribution is 2.37. The summed E-state index contributed by atoms with van der Waals surface area (Å²) in [5.41, 5.74) is 0. The number of nitrogens with two attached hydrogens (primary N) is 1. The van der Waals surface area contributed by atoms with Gasteiger partial charge in [0, 0.05) is 18.4 Å². The second-order valence-corrected chi connectivity index (χ2v) is 5.54. The first-order valence-corrected chi connectivity index (χ1v) is 6.15. The summed E-state index contributed by atoms with van der Waals surface area (Å²) >= 11 is 0. The summed E-state index contributed by atoms with van der Waals surface area (Å²) in [6.07, 6.45) is 5.63. The highest BCUT2D eigenvalue weighted by atomic mass is 32.2. The zero-order valence-electron chi connectivity index (χ0n) is 7.92. The molecule has 0 spiro atoms. The molecule has 0 aliphatic heterocycles. The van der Waals surface area contributed by atoms with E-state index < -0.39 is 15.3 Å². The van der Waals surface area contributed by atoms with Gasteiger partial charge in [0.15, 0.2) is 0 Å². The van der Waals surface area contributed by atoms with Gasteiger partial charge in [0.05, 0.1) is 0 Å². The molecule has 1 aromatic rings. The molecule has 1 fully saturated rings. The SMILES string of the molecule is C[C@H](c1nccn1C1CC1)S(N)(=O)=O. The molecule has 5 nitrogen and oxygen atoms in total. The molecule has 1 aliphatic rings. The number of hydrogen-bond acceptors (Lipinski definition) is 3. The number of hydrogen-bond donors (Lipinski definition) is 1. The van der Waals surface area contributed by atoms with Gasteiger partial charge in [-0.2, -0.15) is 0 Å². The monoisotopic (exact) mass is 215 g/mol. The van der Waals surface area contributed by atoms with E-state index in [-0.39, 0.29) is 0 Å². The number of aromatic nitrogens is 2. The van der Waals surface area contributed by atoms with E-state index in [0.29, 0.717) is 11.9 Å². The molecular formula is C8H13N3O2S. The van der Waals surface area contributed by atoms with Crippen LogP contribution in [0.1, 0.15) is 36.9 Å². The predicted octanol–water partition coefficient (Wildman–Crippen LogP) is 0.568. The minimum Gasteiger partial charge on any atom is -0.331 e. The highest BCUT2D eigenvalue weighted by Gasteiger charge is 2.30. The molecule has 0 aromatic carbocycles. The fraction of sp³-hybridized carbons (Fsp3) is 0.625. The Labute approximate surface area is 83.0 Å². The van der Waals surface area contributed by atoms with Gasteiger partial charge in [0.2, 0.25) is 10.0 Å². The Bertz CT molecular complexity index is 433. The first-order valence-electron chi connectivity index (χ1n) is 4.54. The van der Waals surface area contributed by atoms with E-state index in [1.54, 1.807) is 13.1 Å². The molecule has 78 valence electrons. The molecule has 14 heavy (non-hydrogen) atoms. The van der Waals surface area contributed by atoms with Gasteiger partial charge in [-0.1, -0.05) is 0 Å². The summed E-state index contributed by atoms with van der Waals surface area (Å²) in [7, 11) is -3.54. The van der Waals surface area contributed by atoms with Crippen LogP contribution in [-0.2, 0) is 10.0 Å². The molecule has 1 saturated carbocycles. The summed E-state index contributed by atoms with van der Waals surface area (Å²) in [4.78, 5) is 4.05. The van der Waals surface area contributed by atoms with Gasteiger partial charge >= 0.3 is 0 Å².